The monoisotopic (exact) mass is 360 g/mol. The normalized spacial score (nSPS) is 11.4. The Hall–Kier alpha value is -2.34. The van der Waals surface area contributed by atoms with Gasteiger partial charge in [-0.25, -0.2) is 0 Å². The minimum atomic E-state index is -0.842. The maximum Gasteiger partial charge on any atom is 0.311 e. The molecule has 0 saturated heterocycles. The standard InChI is InChI=1S/C20H28N2O4/c1-14(2)22(3)12-11-15-13-21-20-16(15)7-6-8-17(20)26-19(25)10-5-4-9-18(23)24/h6-8,13-14,21H,4-5,9-12H2,1-3H3,(H,23,24). The van der Waals surface area contributed by atoms with Crippen LogP contribution in [0.25, 0.3) is 10.9 Å². The van der Waals surface area contributed by atoms with Gasteiger partial charge in [0, 0.05) is 37.0 Å². The number of nitrogens with zero attached hydrogens (tertiary/aromatic N) is 1. The molecule has 6 nitrogen and oxygen atoms in total. The minimum Gasteiger partial charge on any atom is -0.481 e. The van der Waals surface area contributed by atoms with E-state index in [9.17, 15) is 9.59 Å². The van der Waals surface area contributed by atoms with Gasteiger partial charge in [-0.3, -0.25) is 9.59 Å². The molecular formula is C20H28N2O4. The molecule has 2 N–H and O–H groups in total. The lowest BCUT2D eigenvalue weighted by atomic mass is 10.1. The van der Waals surface area contributed by atoms with Crippen molar-refractivity contribution in [3.63, 3.8) is 0 Å². The van der Waals surface area contributed by atoms with Gasteiger partial charge in [0.15, 0.2) is 5.75 Å². The van der Waals surface area contributed by atoms with Crippen molar-refractivity contribution in [2.24, 2.45) is 0 Å². The number of aromatic nitrogens is 1. The van der Waals surface area contributed by atoms with Gasteiger partial charge in [0.05, 0.1) is 5.52 Å². The van der Waals surface area contributed by atoms with E-state index in [0.717, 1.165) is 23.9 Å². The highest BCUT2D eigenvalue weighted by Gasteiger charge is 2.13. The quantitative estimate of drug-likeness (QED) is 0.384. The fraction of sp³-hybridized carbons (Fsp3) is 0.500. The Labute approximate surface area is 154 Å². The maximum absolute atomic E-state index is 12.0. The van der Waals surface area contributed by atoms with Crippen molar-refractivity contribution in [3.8, 4) is 5.75 Å². The fourth-order valence-corrected chi connectivity index (χ4v) is 2.75. The van der Waals surface area contributed by atoms with Crippen LogP contribution in [0.4, 0.5) is 0 Å². The number of likely N-dealkylation sites (N-methyl/N-ethyl adjacent to an activating group) is 1. The van der Waals surface area contributed by atoms with Crippen molar-refractivity contribution >= 4 is 22.8 Å². The van der Waals surface area contributed by atoms with Crippen molar-refractivity contribution in [1.82, 2.24) is 9.88 Å². The van der Waals surface area contributed by atoms with Crippen LogP contribution in [0.3, 0.4) is 0 Å². The first-order chi connectivity index (χ1) is 12.4. The molecule has 0 atom stereocenters. The maximum atomic E-state index is 12.0. The number of rotatable bonds is 10. The molecule has 0 fully saturated rings. The van der Waals surface area contributed by atoms with Crippen molar-refractivity contribution in [2.45, 2.75) is 52.0 Å². The number of nitrogens with one attached hydrogen (secondary N) is 1. The van der Waals surface area contributed by atoms with E-state index in [4.69, 9.17) is 9.84 Å². The van der Waals surface area contributed by atoms with Crippen LogP contribution in [0.2, 0.25) is 0 Å². The first-order valence-corrected chi connectivity index (χ1v) is 9.10. The van der Waals surface area contributed by atoms with Crippen LogP contribution >= 0.6 is 0 Å². The molecule has 1 aromatic heterocycles. The molecular weight excluding hydrogens is 332 g/mol. The number of carbonyl (C=O) groups excluding carboxylic acids is 1. The van der Waals surface area contributed by atoms with E-state index in [1.165, 1.54) is 5.56 Å². The van der Waals surface area contributed by atoms with Gasteiger partial charge >= 0.3 is 11.9 Å². The average Bonchev–Trinajstić information content (AvgIpc) is 3.00. The molecule has 1 heterocycles. The number of aromatic amines is 1. The molecule has 0 aliphatic rings. The summed E-state index contributed by atoms with van der Waals surface area (Å²) in [6.07, 6.45) is 4.18. The Morgan fingerprint density at radius 2 is 1.96 bits per heavy atom. The molecule has 0 aliphatic carbocycles. The molecule has 0 radical (unpaired) electrons. The second-order valence-electron chi connectivity index (χ2n) is 6.89. The molecule has 1 aromatic carbocycles. The molecule has 0 bridgehead atoms. The lowest BCUT2D eigenvalue weighted by Gasteiger charge is -2.20. The summed E-state index contributed by atoms with van der Waals surface area (Å²) in [7, 11) is 2.11. The number of hydrogen-bond donors (Lipinski definition) is 2. The third-order valence-corrected chi connectivity index (χ3v) is 4.62. The molecule has 2 rings (SSSR count). The molecule has 26 heavy (non-hydrogen) atoms. The number of aliphatic carboxylic acids is 1. The number of benzene rings is 1. The van der Waals surface area contributed by atoms with Crippen molar-refractivity contribution in [3.05, 3.63) is 30.0 Å². The van der Waals surface area contributed by atoms with E-state index < -0.39 is 5.97 Å². The number of carboxylic acids is 1. The smallest absolute Gasteiger partial charge is 0.311 e. The van der Waals surface area contributed by atoms with Crippen LogP contribution in [0, 0.1) is 0 Å². The van der Waals surface area contributed by atoms with E-state index >= 15 is 0 Å². The van der Waals surface area contributed by atoms with Gasteiger partial charge in [0.25, 0.3) is 0 Å². The summed E-state index contributed by atoms with van der Waals surface area (Å²) in [5.74, 6) is -0.655. The Morgan fingerprint density at radius 3 is 2.65 bits per heavy atom. The van der Waals surface area contributed by atoms with E-state index in [-0.39, 0.29) is 18.8 Å². The highest BCUT2D eigenvalue weighted by atomic mass is 16.5. The summed E-state index contributed by atoms with van der Waals surface area (Å²) in [5, 5.41) is 9.69. The van der Waals surface area contributed by atoms with Gasteiger partial charge in [0.2, 0.25) is 0 Å². The first kappa shape index (κ1) is 20.0. The topological polar surface area (TPSA) is 82.6 Å². The predicted octanol–water partition coefficient (Wildman–Crippen LogP) is 3.60. The summed E-state index contributed by atoms with van der Waals surface area (Å²) in [6.45, 7) is 5.30. The summed E-state index contributed by atoms with van der Waals surface area (Å²) in [5.41, 5.74) is 2.03. The number of H-pyrrole nitrogens is 1. The Bertz CT molecular complexity index is 751. The molecule has 0 aliphatic heterocycles. The third kappa shape index (κ3) is 5.59. The van der Waals surface area contributed by atoms with Gasteiger partial charge in [-0.15, -0.1) is 0 Å². The first-order valence-electron chi connectivity index (χ1n) is 9.10. The van der Waals surface area contributed by atoms with Gasteiger partial charge in [-0.05, 0) is 51.8 Å². The number of ether oxygens (including phenoxy) is 1. The Balaban J connectivity index is 1.98. The Kier molecular flexibility index (Phi) is 7.21. The van der Waals surface area contributed by atoms with Gasteiger partial charge < -0.3 is 19.7 Å². The summed E-state index contributed by atoms with van der Waals surface area (Å²) in [6, 6.07) is 6.19. The van der Waals surface area contributed by atoms with E-state index in [1.54, 1.807) is 6.07 Å². The molecule has 2 aromatic rings. The van der Waals surface area contributed by atoms with Gasteiger partial charge in [0.1, 0.15) is 0 Å². The zero-order chi connectivity index (χ0) is 19.1. The highest BCUT2D eigenvalue weighted by Crippen LogP contribution is 2.28. The summed E-state index contributed by atoms with van der Waals surface area (Å²) >= 11 is 0. The number of fused-ring (bicyclic) bond motifs is 1. The number of carboxylic acid groups (broad SMARTS) is 1. The number of hydrogen-bond acceptors (Lipinski definition) is 4. The lowest BCUT2D eigenvalue weighted by molar-refractivity contribution is -0.138. The second-order valence-corrected chi connectivity index (χ2v) is 6.89. The van der Waals surface area contributed by atoms with E-state index in [2.05, 4.69) is 30.8 Å². The lowest BCUT2D eigenvalue weighted by Crippen LogP contribution is -2.28. The zero-order valence-corrected chi connectivity index (χ0v) is 15.7. The minimum absolute atomic E-state index is 0.0771. The number of para-hydroxylation sites is 1. The van der Waals surface area contributed by atoms with Gasteiger partial charge in [-0.1, -0.05) is 12.1 Å². The predicted molar refractivity (Wildman–Crippen MR) is 102 cm³/mol. The molecule has 0 spiro atoms. The molecule has 142 valence electrons. The van der Waals surface area contributed by atoms with Crippen molar-refractivity contribution < 1.29 is 19.4 Å². The van der Waals surface area contributed by atoms with Crippen LogP contribution in [-0.2, 0) is 16.0 Å². The Morgan fingerprint density at radius 1 is 1.23 bits per heavy atom. The highest BCUT2D eigenvalue weighted by molar-refractivity contribution is 5.90. The van der Waals surface area contributed by atoms with Crippen molar-refractivity contribution in [2.75, 3.05) is 13.6 Å². The largest absolute Gasteiger partial charge is 0.481 e. The third-order valence-electron chi connectivity index (χ3n) is 4.62. The van der Waals surface area contributed by atoms with Crippen LogP contribution in [0.1, 0.15) is 45.1 Å². The van der Waals surface area contributed by atoms with Crippen LogP contribution in [0.5, 0.6) is 5.75 Å². The number of carbonyl (C=O) groups is 2. The van der Waals surface area contributed by atoms with Crippen LogP contribution in [0.15, 0.2) is 24.4 Å². The average molecular weight is 360 g/mol. The van der Waals surface area contributed by atoms with Crippen LogP contribution in [-0.4, -0.2) is 46.6 Å². The number of esters is 1. The second kappa shape index (κ2) is 9.38. The summed E-state index contributed by atoms with van der Waals surface area (Å²) < 4.78 is 5.48. The molecule has 0 amide bonds. The molecule has 0 unspecified atom stereocenters. The zero-order valence-electron chi connectivity index (χ0n) is 15.7. The fourth-order valence-electron chi connectivity index (χ4n) is 2.75. The number of unbranched alkanes of at least 4 members (excludes halogenated alkanes) is 1. The van der Waals surface area contributed by atoms with Crippen molar-refractivity contribution in [1.29, 1.82) is 0 Å². The van der Waals surface area contributed by atoms with E-state index in [0.29, 0.717) is 24.6 Å². The SMILES string of the molecule is CC(C)N(C)CCc1c[nH]c2c(OC(=O)CCCCC(=O)O)cccc12. The molecule has 0 saturated carbocycles. The summed E-state index contributed by atoms with van der Waals surface area (Å²) in [4.78, 5) is 28.0. The van der Waals surface area contributed by atoms with E-state index in [1.807, 2.05) is 18.3 Å². The van der Waals surface area contributed by atoms with Gasteiger partial charge in [-0.2, -0.15) is 0 Å². The molecule has 6 heteroatoms. The van der Waals surface area contributed by atoms with Crippen LogP contribution < -0.4 is 4.74 Å².